The quantitative estimate of drug-likeness (QED) is 0.830. The Balaban J connectivity index is 1.82. The van der Waals surface area contributed by atoms with E-state index in [2.05, 4.69) is 25.9 Å². The number of carbonyl (C=O) groups excluding carboxylic acids is 1. The van der Waals surface area contributed by atoms with Crippen molar-refractivity contribution in [1.29, 1.82) is 0 Å². The minimum Gasteiger partial charge on any atom is -0.355 e. The number of hydrogen-bond donors (Lipinski definition) is 0. The molecule has 4 heteroatoms. The lowest BCUT2D eigenvalue weighted by Gasteiger charge is -2.41. The lowest BCUT2D eigenvalue weighted by molar-refractivity contribution is 0.0424. The number of benzene rings is 1. The molecule has 0 bridgehead atoms. The molecule has 1 aliphatic heterocycles. The standard InChI is InChI=1S/C19H24N2O2/c1-12-5-7-16(8-6-12)18-11-17(20-23-18)19(22)21-14(3)9-13(2)10-15(21)4/h5-8,11,13-15H,9-10H2,1-4H3/t14-,15-/m0/s1. The normalized spacial score (nSPS) is 24.7. The molecule has 0 aliphatic carbocycles. The van der Waals surface area contributed by atoms with Crippen LogP contribution in [0, 0.1) is 12.8 Å². The Morgan fingerprint density at radius 3 is 2.35 bits per heavy atom. The number of hydrogen-bond acceptors (Lipinski definition) is 3. The molecule has 1 aromatic heterocycles. The fraction of sp³-hybridized carbons (Fsp3) is 0.474. The summed E-state index contributed by atoms with van der Waals surface area (Å²) in [6.45, 7) is 8.52. The van der Waals surface area contributed by atoms with Gasteiger partial charge in [-0.2, -0.15) is 0 Å². The van der Waals surface area contributed by atoms with E-state index in [1.807, 2.05) is 36.1 Å². The summed E-state index contributed by atoms with van der Waals surface area (Å²) >= 11 is 0. The highest BCUT2D eigenvalue weighted by Crippen LogP contribution is 2.29. The van der Waals surface area contributed by atoms with Crippen LogP contribution in [0.25, 0.3) is 11.3 Å². The zero-order valence-electron chi connectivity index (χ0n) is 14.2. The summed E-state index contributed by atoms with van der Waals surface area (Å²) in [7, 11) is 0. The number of amides is 1. The van der Waals surface area contributed by atoms with Gasteiger partial charge in [-0.15, -0.1) is 0 Å². The predicted octanol–water partition coefficient (Wildman–Crippen LogP) is 4.30. The van der Waals surface area contributed by atoms with Crippen LogP contribution in [0.2, 0.25) is 0 Å². The molecule has 23 heavy (non-hydrogen) atoms. The SMILES string of the molecule is Cc1ccc(-c2cc(C(=O)N3[C@@H](C)CC(C)C[C@@H]3C)no2)cc1. The van der Waals surface area contributed by atoms with Gasteiger partial charge in [-0.25, -0.2) is 0 Å². The topological polar surface area (TPSA) is 46.3 Å². The van der Waals surface area contributed by atoms with Crippen LogP contribution in [0.3, 0.4) is 0 Å². The lowest BCUT2D eigenvalue weighted by Crippen LogP contribution is -2.49. The van der Waals surface area contributed by atoms with E-state index < -0.39 is 0 Å². The van der Waals surface area contributed by atoms with Crippen molar-refractivity contribution in [3.05, 3.63) is 41.6 Å². The van der Waals surface area contributed by atoms with Crippen molar-refractivity contribution in [2.45, 2.75) is 52.6 Å². The van der Waals surface area contributed by atoms with E-state index in [1.54, 1.807) is 6.07 Å². The summed E-state index contributed by atoms with van der Waals surface area (Å²) in [6.07, 6.45) is 2.08. The Labute approximate surface area is 137 Å². The second-order valence-corrected chi connectivity index (χ2v) is 6.93. The summed E-state index contributed by atoms with van der Waals surface area (Å²) in [5.74, 6) is 1.27. The third-order valence-electron chi connectivity index (χ3n) is 4.74. The molecule has 1 aliphatic rings. The maximum Gasteiger partial charge on any atom is 0.276 e. The van der Waals surface area contributed by atoms with E-state index in [0.29, 0.717) is 17.4 Å². The molecule has 4 nitrogen and oxygen atoms in total. The third kappa shape index (κ3) is 3.16. The Morgan fingerprint density at radius 1 is 1.13 bits per heavy atom. The fourth-order valence-corrected chi connectivity index (χ4v) is 3.68. The minimum atomic E-state index is -0.0287. The molecule has 1 fully saturated rings. The first-order valence-electron chi connectivity index (χ1n) is 8.32. The zero-order valence-corrected chi connectivity index (χ0v) is 14.2. The highest BCUT2D eigenvalue weighted by atomic mass is 16.5. The zero-order chi connectivity index (χ0) is 16.6. The number of rotatable bonds is 2. The smallest absolute Gasteiger partial charge is 0.276 e. The molecule has 1 amide bonds. The van der Waals surface area contributed by atoms with Crippen molar-refractivity contribution in [2.24, 2.45) is 5.92 Å². The fourth-order valence-electron chi connectivity index (χ4n) is 3.68. The van der Waals surface area contributed by atoms with Crippen molar-refractivity contribution in [3.8, 4) is 11.3 Å². The Morgan fingerprint density at radius 2 is 1.74 bits per heavy atom. The molecule has 1 aromatic carbocycles. The Kier molecular flexibility index (Phi) is 4.24. The summed E-state index contributed by atoms with van der Waals surface area (Å²) < 4.78 is 5.40. The highest BCUT2D eigenvalue weighted by molar-refractivity contribution is 5.93. The van der Waals surface area contributed by atoms with Crippen LogP contribution in [0.15, 0.2) is 34.9 Å². The number of carbonyl (C=O) groups is 1. The first kappa shape index (κ1) is 15.8. The average molecular weight is 312 g/mol. The number of aromatic nitrogens is 1. The molecule has 3 rings (SSSR count). The molecule has 0 N–H and O–H groups in total. The van der Waals surface area contributed by atoms with Crippen molar-refractivity contribution >= 4 is 5.91 Å². The summed E-state index contributed by atoms with van der Waals surface area (Å²) in [6, 6.07) is 10.2. The average Bonchev–Trinajstić information content (AvgIpc) is 2.96. The maximum absolute atomic E-state index is 12.8. The Bertz CT molecular complexity index is 678. The lowest BCUT2D eigenvalue weighted by atomic mass is 9.88. The molecule has 1 saturated heterocycles. The molecular weight excluding hydrogens is 288 g/mol. The largest absolute Gasteiger partial charge is 0.355 e. The molecule has 0 radical (unpaired) electrons. The highest BCUT2D eigenvalue weighted by Gasteiger charge is 2.34. The summed E-state index contributed by atoms with van der Waals surface area (Å²) in [5.41, 5.74) is 2.53. The predicted molar refractivity (Wildman–Crippen MR) is 90.2 cm³/mol. The van der Waals surface area contributed by atoms with Gasteiger partial charge in [-0.05, 0) is 39.5 Å². The molecule has 0 saturated carbocycles. The number of likely N-dealkylation sites (tertiary alicyclic amines) is 1. The second kappa shape index (κ2) is 6.19. The van der Waals surface area contributed by atoms with Gasteiger partial charge in [0.25, 0.3) is 5.91 Å². The third-order valence-corrected chi connectivity index (χ3v) is 4.74. The van der Waals surface area contributed by atoms with E-state index in [4.69, 9.17) is 4.52 Å². The molecular formula is C19H24N2O2. The monoisotopic (exact) mass is 312 g/mol. The van der Waals surface area contributed by atoms with Crippen LogP contribution in [-0.4, -0.2) is 28.0 Å². The van der Waals surface area contributed by atoms with Gasteiger partial charge in [0.05, 0.1) is 0 Å². The first-order valence-corrected chi connectivity index (χ1v) is 8.32. The van der Waals surface area contributed by atoms with Crippen molar-refractivity contribution in [1.82, 2.24) is 10.1 Å². The number of nitrogens with zero attached hydrogens (tertiary/aromatic N) is 2. The number of piperidine rings is 1. The molecule has 2 heterocycles. The van der Waals surface area contributed by atoms with Crippen molar-refractivity contribution in [2.75, 3.05) is 0 Å². The number of aryl methyl sites for hydroxylation is 1. The summed E-state index contributed by atoms with van der Waals surface area (Å²) in [5, 5.41) is 4.01. The van der Waals surface area contributed by atoms with Crippen molar-refractivity contribution < 1.29 is 9.32 Å². The van der Waals surface area contributed by atoms with Crippen LogP contribution < -0.4 is 0 Å². The molecule has 122 valence electrons. The Hall–Kier alpha value is -2.10. The van der Waals surface area contributed by atoms with E-state index >= 15 is 0 Å². The molecule has 0 spiro atoms. The van der Waals surface area contributed by atoms with Gasteiger partial charge in [0.1, 0.15) is 0 Å². The van der Waals surface area contributed by atoms with Crippen LogP contribution in [-0.2, 0) is 0 Å². The van der Waals surface area contributed by atoms with Gasteiger partial charge in [0.15, 0.2) is 11.5 Å². The van der Waals surface area contributed by atoms with Gasteiger partial charge >= 0.3 is 0 Å². The van der Waals surface area contributed by atoms with Gasteiger partial charge in [-0.1, -0.05) is 41.9 Å². The van der Waals surface area contributed by atoms with Crippen LogP contribution in [0.1, 0.15) is 49.7 Å². The van der Waals surface area contributed by atoms with Crippen LogP contribution in [0.4, 0.5) is 0 Å². The second-order valence-electron chi connectivity index (χ2n) is 6.93. The van der Waals surface area contributed by atoms with Crippen molar-refractivity contribution in [3.63, 3.8) is 0 Å². The van der Waals surface area contributed by atoms with Gasteiger partial charge in [0.2, 0.25) is 0 Å². The van der Waals surface area contributed by atoms with E-state index in [1.165, 1.54) is 5.56 Å². The minimum absolute atomic E-state index is 0.0287. The van der Waals surface area contributed by atoms with E-state index in [0.717, 1.165) is 18.4 Å². The van der Waals surface area contributed by atoms with Crippen LogP contribution in [0.5, 0.6) is 0 Å². The first-order chi connectivity index (χ1) is 11.0. The molecule has 2 atom stereocenters. The van der Waals surface area contributed by atoms with Crippen LogP contribution >= 0.6 is 0 Å². The van der Waals surface area contributed by atoms with Gasteiger partial charge in [-0.3, -0.25) is 4.79 Å². The van der Waals surface area contributed by atoms with Gasteiger partial charge < -0.3 is 9.42 Å². The maximum atomic E-state index is 12.8. The summed E-state index contributed by atoms with van der Waals surface area (Å²) in [4.78, 5) is 14.8. The van der Waals surface area contributed by atoms with Gasteiger partial charge in [0, 0.05) is 23.7 Å². The van der Waals surface area contributed by atoms with E-state index in [-0.39, 0.29) is 18.0 Å². The molecule has 2 aromatic rings. The van der Waals surface area contributed by atoms with E-state index in [9.17, 15) is 4.79 Å². The molecule has 0 unspecified atom stereocenters.